The molecule has 0 saturated heterocycles. The Hall–Kier alpha value is -2.63. The van der Waals surface area contributed by atoms with E-state index < -0.39 is 11.4 Å². The molecule has 1 amide bonds. The number of benzene rings is 1. The standard InChI is InChI=1S/C19H21N3O3/c1-12-5-7-13(8-6-12)22-15-4-2-3-14(15)16(21-22)17(23)20-11-19(9-10-19)18(24)25/h5-8H,2-4,9-11H2,1H3,(H,20,23)(H,24,25). The Morgan fingerprint density at radius 1 is 1.24 bits per heavy atom. The molecule has 0 atom stereocenters. The van der Waals surface area contributed by atoms with Crippen molar-refractivity contribution in [2.75, 3.05) is 6.54 Å². The van der Waals surface area contributed by atoms with Crippen molar-refractivity contribution in [1.82, 2.24) is 15.1 Å². The fourth-order valence-electron chi connectivity index (χ4n) is 3.47. The third-order valence-corrected chi connectivity index (χ3v) is 5.32. The predicted octanol–water partition coefficient (Wildman–Crippen LogP) is 2.26. The minimum Gasteiger partial charge on any atom is -0.481 e. The quantitative estimate of drug-likeness (QED) is 0.875. The number of carbonyl (C=O) groups is 2. The van der Waals surface area contributed by atoms with Gasteiger partial charge in [-0.1, -0.05) is 17.7 Å². The Morgan fingerprint density at radius 2 is 1.96 bits per heavy atom. The van der Waals surface area contributed by atoms with Crippen LogP contribution in [0.2, 0.25) is 0 Å². The predicted molar refractivity (Wildman–Crippen MR) is 92.0 cm³/mol. The summed E-state index contributed by atoms with van der Waals surface area (Å²) >= 11 is 0. The van der Waals surface area contributed by atoms with Gasteiger partial charge in [0, 0.05) is 17.8 Å². The number of nitrogens with zero attached hydrogens (tertiary/aromatic N) is 2. The smallest absolute Gasteiger partial charge is 0.311 e. The minimum atomic E-state index is -0.830. The molecule has 130 valence electrons. The molecule has 0 spiro atoms. The first-order chi connectivity index (χ1) is 12.0. The van der Waals surface area contributed by atoms with Crippen molar-refractivity contribution < 1.29 is 14.7 Å². The molecule has 1 aromatic carbocycles. The van der Waals surface area contributed by atoms with E-state index >= 15 is 0 Å². The van der Waals surface area contributed by atoms with Gasteiger partial charge in [-0.15, -0.1) is 0 Å². The Bertz CT molecular complexity index is 848. The number of rotatable bonds is 5. The molecule has 0 bridgehead atoms. The number of aliphatic carboxylic acids is 1. The van der Waals surface area contributed by atoms with Gasteiger partial charge in [0.15, 0.2) is 5.69 Å². The highest BCUT2D eigenvalue weighted by Crippen LogP contribution is 2.45. The lowest BCUT2D eigenvalue weighted by Crippen LogP contribution is -2.34. The molecule has 25 heavy (non-hydrogen) atoms. The van der Waals surface area contributed by atoms with Gasteiger partial charge in [-0.3, -0.25) is 9.59 Å². The van der Waals surface area contributed by atoms with Crippen molar-refractivity contribution in [2.24, 2.45) is 5.41 Å². The van der Waals surface area contributed by atoms with Crippen molar-refractivity contribution in [3.8, 4) is 5.69 Å². The summed E-state index contributed by atoms with van der Waals surface area (Å²) in [6.07, 6.45) is 4.01. The zero-order valence-electron chi connectivity index (χ0n) is 14.2. The minimum absolute atomic E-state index is 0.174. The van der Waals surface area contributed by atoms with Crippen LogP contribution in [0, 0.1) is 12.3 Å². The number of hydrogen-bond donors (Lipinski definition) is 2. The normalized spacial score (nSPS) is 17.2. The van der Waals surface area contributed by atoms with Crippen LogP contribution < -0.4 is 5.32 Å². The first-order valence-corrected chi connectivity index (χ1v) is 8.70. The molecule has 1 fully saturated rings. The molecule has 0 aliphatic heterocycles. The lowest BCUT2D eigenvalue weighted by molar-refractivity contribution is -0.143. The van der Waals surface area contributed by atoms with E-state index in [2.05, 4.69) is 10.4 Å². The summed E-state index contributed by atoms with van der Waals surface area (Å²) in [4.78, 5) is 23.9. The molecule has 1 aromatic heterocycles. The zero-order valence-corrected chi connectivity index (χ0v) is 14.2. The number of hydrogen-bond acceptors (Lipinski definition) is 3. The van der Waals surface area contributed by atoms with E-state index in [1.54, 1.807) is 0 Å². The average molecular weight is 339 g/mol. The third kappa shape index (κ3) is 2.71. The molecule has 4 rings (SSSR count). The second kappa shape index (κ2) is 5.72. The topological polar surface area (TPSA) is 84.2 Å². The first-order valence-electron chi connectivity index (χ1n) is 8.70. The number of carbonyl (C=O) groups excluding carboxylic acids is 1. The van der Waals surface area contributed by atoms with E-state index in [1.807, 2.05) is 35.9 Å². The number of carboxylic acids is 1. The van der Waals surface area contributed by atoms with E-state index in [0.717, 1.165) is 36.2 Å². The van der Waals surface area contributed by atoms with Gasteiger partial charge in [-0.25, -0.2) is 4.68 Å². The van der Waals surface area contributed by atoms with Gasteiger partial charge in [0.2, 0.25) is 0 Å². The summed E-state index contributed by atoms with van der Waals surface area (Å²) in [6.45, 7) is 2.21. The number of aryl methyl sites for hydroxylation is 1. The summed E-state index contributed by atoms with van der Waals surface area (Å²) in [6, 6.07) is 8.07. The number of aromatic nitrogens is 2. The van der Waals surface area contributed by atoms with Crippen LogP contribution in [0.3, 0.4) is 0 Å². The van der Waals surface area contributed by atoms with Crippen LogP contribution in [0.4, 0.5) is 0 Å². The van der Waals surface area contributed by atoms with Gasteiger partial charge in [0.1, 0.15) is 0 Å². The lowest BCUT2D eigenvalue weighted by atomic mass is 10.1. The van der Waals surface area contributed by atoms with Crippen LogP contribution in [-0.2, 0) is 17.6 Å². The fourth-order valence-corrected chi connectivity index (χ4v) is 3.47. The fraction of sp³-hybridized carbons (Fsp3) is 0.421. The largest absolute Gasteiger partial charge is 0.481 e. The summed E-state index contributed by atoms with van der Waals surface area (Å²) in [5.41, 5.74) is 3.89. The molecule has 2 N–H and O–H groups in total. The van der Waals surface area contributed by atoms with Gasteiger partial charge in [-0.2, -0.15) is 5.10 Å². The van der Waals surface area contributed by atoms with Gasteiger partial charge in [0.25, 0.3) is 5.91 Å². The molecule has 0 radical (unpaired) electrons. The second-order valence-electron chi connectivity index (χ2n) is 7.14. The van der Waals surface area contributed by atoms with Gasteiger partial charge in [-0.05, 0) is 51.2 Å². The molecule has 1 saturated carbocycles. The Kier molecular flexibility index (Phi) is 3.63. The third-order valence-electron chi connectivity index (χ3n) is 5.32. The van der Waals surface area contributed by atoms with Crippen LogP contribution in [0.25, 0.3) is 5.69 Å². The number of carboxylic acid groups (broad SMARTS) is 1. The SMILES string of the molecule is Cc1ccc(-n2nc(C(=O)NCC3(C(=O)O)CC3)c3c2CCC3)cc1. The summed E-state index contributed by atoms with van der Waals surface area (Å²) in [5.74, 6) is -1.10. The summed E-state index contributed by atoms with van der Waals surface area (Å²) < 4.78 is 1.86. The van der Waals surface area contributed by atoms with Crippen molar-refractivity contribution in [1.29, 1.82) is 0 Å². The van der Waals surface area contributed by atoms with Crippen molar-refractivity contribution >= 4 is 11.9 Å². The van der Waals surface area contributed by atoms with E-state index in [1.165, 1.54) is 5.56 Å². The Balaban J connectivity index is 1.60. The van der Waals surface area contributed by atoms with Crippen molar-refractivity contribution in [3.05, 3.63) is 46.8 Å². The van der Waals surface area contributed by atoms with Crippen LogP contribution in [0.1, 0.15) is 46.6 Å². The molecule has 2 aromatic rings. The second-order valence-corrected chi connectivity index (χ2v) is 7.14. The first kappa shape index (κ1) is 15.9. The van der Waals surface area contributed by atoms with Crippen LogP contribution in [0.5, 0.6) is 0 Å². The molecule has 2 aliphatic carbocycles. The van der Waals surface area contributed by atoms with Gasteiger partial charge < -0.3 is 10.4 Å². The molecule has 6 nitrogen and oxygen atoms in total. The molecule has 1 heterocycles. The van der Waals surface area contributed by atoms with Crippen LogP contribution in [-0.4, -0.2) is 33.3 Å². The highest BCUT2D eigenvalue weighted by molar-refractivity contribution is 5.94. The van der Waals surface area contributed by atoms with E-state index in [4.69, 9.17) is 0 Å². The van der Waals surface area contributed by atoms with Gasteiger partial charge in [0.05, 0.1) is 11.1 Å². The molecular weight excluding hydrogens is 318 g/mol. The molecule has 6 heteroatoms. The monoisotopic (exact) mass is 339 g/mol. The maximum atomic E-state index is 12.6. The van der Waals surface area contributed by atoms with Crippen molar-refractivity contribution in [3.63, 3.8) is 0 Å². The van der Waals surface area contributed by atoms with Gasteiger partial charge >= 0.3 is 5.97 Å². The molecular formula is C19H21N3O3. The van der Waals surface area contributed by atoms with Crippen molar-refractivity contribution in [2.45, 2.75) is 39.0 Å². The number of nitrogens with one attached hydrogen (secondary N) is 1. The Labute approximate surface area is 145 Å². The maximum absolute atomic E-state index is 12.6. The molecule has 2 aliphatic rings. The highest BCUT2D eigenvalue weighted by Gasteiger charge is 2.50. The zero-order chi connectivity index (χ0) is 17.6. The van der Waals surface area contributed by atoms with Crippen LogP contribution >= 0.6 is 0 Å². The summed E-state index contributed by atoms with van der Waals surface area (Å²) in [5, 5.41) is 16.6. The number of amides is 1. The summed E-state index contributed by atoms with van der Waals surface area (Å²) in [7, 11) is 0. The number of fused-ring (bicyclic) bond motifs is 1. The van der Waals surface area contributed by atoms with E-state index in [0.29, 0.717) is 18.5 Å². The van der Waals surface area contributed by atoms with Crippen LogP contribution in [0.15, 0.2) is 24.3 Å². The molecule has 0 unspecified atom stereocenters. The lowest BCUT2D eigenvalue weighted by Gasteiger charge is -2.10. The Morgan fingerprint density at radius 3 is 2.60 bits per heavy atom. The average Bonchev–Trinajstić information content (AvgIpc) is 3.09. The van der Waals surface area contributed by atoms with E-state index in [9.17, 15) is 14.7 Å². The maximum Gasteiger partial charge on any atom is 0.311 e. The highest BCUT2D eigenvalue weighted by atomic mass is 16.4. The van der Waals surface area contributed by atoms with E-state index in [-0.39, 0.29) is 12.5 Å².